The van der Waals surface area contributed by atoms with Gasteiger partial charge in [0.15, 0.2) is 0 Å². The van der Waals surface area contributed by atoms with Crippen LogP contribution in [0.1, 0.15) is 0 Å². The topological polar surface area (TPSA) is 112 Å². The number of aromatic amines is 2. The van der Waals surface area contributed by atoms with Crippen LogP contribution in [-0.4, -0.2) is 30.8 Å². The van der Waals surface area contributed by atoms with E-state index in [0.29, 0.717) is 5.69 Å². The zero-order chi connectivity index (χ0) is 25.5. The first-order chi connectivity index (χ1) is 18.8. The van der Waals surface area contributed by atoms with Crippen LogP contribution in [0.25, 0.3) is 44.3 Å². The van der Waals surface area contributed by atoms with E-state index in [4.69, 9.17) is 5.73 Å². The fourth-order valence-corrected chi connectivity index (χ4v) is 4.97. The Balaban J connectivity index is 1.38. The quantitative estimate of drug-likeness (QED) is 0.232. The van der Waals surface area contributed by atoms with Crippen molar-refractivity contribution < 1.29 is 0 Å². The molecular weight excluding hydrogens is 472 g/mol. The van der Waals surface area contributed by atoms with Gasteiger partial charge in [-0.2, -0.15) is 15.4 Å². The van der Waals surface area contributed by atoms with Crippen LogP contribution < -0.4 is 10.6 Å². The number of fused-ring (bicyclic) bond motifs is 2. The van der Waals surface area contributed by atoms with Crippen LogP contribution in [0, 0.1) is 0 Å². The summed E-state index contributed by atoms with van der Waals surface area (Å²) in [6.45, 7) is 0. The second kappa shape index (κ2) is 8.86. The van der Waals surface area contributed by atoms with Gasteiger partial charge >= 0.3 is 0 Å². The molecular formula is C30H22N8. The zero-order valence-corrected chi connectivity index (χ0v) is 20.2. The Morgan fingerprint density at radius 3 is 1.71 bits per heavy atom. The highest BCUT2D eigenvalue weighted by Crippen LogP contribution is 2.41. The van der Waals surface area contributed by atoms with Gasteiger partial charge in [-0.1, -0.05) is 65.9 Å². The molecule has 0 atom stereocenters. The molecule has 0 unspecified atom stereocenters. The predicted octanol–water partition coefficient (Wildman–Crippen LogP) is 6.62. The van der Waals surface area contributed by atoms with E-state index in [2.05, 4.69) is 84.3 Å². The standard InChI is InChI=1S/C30H22N8/c31-21-15-11-19(12-16-21)25-27-29(34-36-32-27)26(30-28(25)33-37-35-30)20-13-17-24(18-14-20)38(22-7-3-1-4-8-22)23-9-5-2-6-10-23/h1-18H,31H2,(H,32,34,36)(H,33,35,37). The molecule has 7 aromatic rings. The maximum atomic E-state index is 5.93. The smallest absolute Gasteiger partial charge is 0.123 e. The summed E-state index contributed by atoms with van der Waals surface area (Å²) in [5.41, 5.74) is 16.5. The number of benzene rings is 5. The second-order valence-electron chi connectivity index (χ2n) is 8.98. The molecule has 0 spiro atoms. The minimum absolute atomic E-state index is 0.695. The fourth-order valence-electron chi connectivity index (χ4n) is 4.97. The number of nitrogens with zero attached hydrogens (tertiary/aromatic N) is 5. The highest BCUT2D eigenvalue weighted by Gasteiger charge is 2.22. The van der Waals surface area contributed by atoms with E-state index in [0.717, 1.165) is 61.4 Å². The van der Waals surface area contributed by atoms with E-state index >= 15 is 0 Å². The van der Waals surface area contributed by atoms with E-state index in [-0.39, 0.29) is 0 Å². The molecule has 0 aliphatic heterocycles. The molecule has 5 aromatic carbocycles. The van der Waals surface area contributed by atoms with Gasteiger partial charge < -0.3 is 10.6 Å². The van der Waals surface area contributed by atoms with Gasteiger partial charge in [0.25, 0.3) is 0 Å². The average Bonchev–Trinajstić information content (AvgIpc) is 3.65. The van der Waals surface area contributed by atoms with Crippen LogP contribution in [0.5, 0.6) is 0 Å². The molecule has 0 aliphatic rings. The molecule has 2 heterocycles. The van der Waals surface area contributed by atoms with E-state index in [1.54, 1.807) is 0 Å². The Kier molecular flexibility index (Phi) is 5.07. The molecule has 0 bridgehead atoms. The minimum Gasteiger partial charge on any atom is -0.399 e. The minimum atomic E-state index is 0.695. The normalized spacial score (nSPS) is 11.3. The first-order valence-corrected chi connectivity index (χ1v) is 12.2. The molecule has 0 saturated heterocycles. The first kappa shape index (κ1) is 21.8. The summed E-state index contributed by atoms with van der Waals surface area (Å²) >= 11 is 0. The van der Waals surface area contributed by atoms with E-state index in [1.165, 1.54) is 0 Å². The van der Waals surface area contributed by atoms with Crippen LogP contribution >= 0.6 is 0 Å². The summed E-state index contributed by atoms with van der Waals surface area (Å²) in [5, 5.41) is 23.5. The van der Waals surface area contributed by atoms with Gasteiger partial charge in [0.2, 0.25) is 0 Å². The number of anilines is 4. The maximum Gasteiger partial charge on any atom is 0.123 e. The van der Waals surface area contributed by atoms with Crippen LogP contribution in [-0.2, 0) is 0 Å². The number of aromatic nitrogens is 6. The Hall–Kier alpha value is -5.50. The predicted molar refractivity (Wildman–Crippen MR) is 151 cm³/mol. The monoisotopic (exact) mass is 494 g/mol. The van der Waals surface area contributed by atoms with E-state index < -0.39 is 0 Å². The van der Waals surface area contributed by atoms with Crippen molar-refractivity contribution in [2.24, 2.45) is 0 Å². The molecule has 38 heavy (non-hydrogen) atoms. The summed E-state index contributed by atoms with van der Waals surface area (Å²) in [6, 6.07) is 36.7. The first-order valence-electron chi connectivity index (χ1n) is 12.2. The Labute approximate surface area is 217 Å². The number of hydrogen-bond acceptors (Lipinski definition) is 6. The van der Waals surface area contributed by atoms with Crippen molar-refractivity contribution in [3.8, 4) is 22.3 Å². The Morgan fingerprint density at radius 2 is 1.08 bits per heavy atom. The van der Waals surface area contributed by atoms with Crippen LogP contribution in [0.3, 0.4) is 0 Å². The molecule has 0 fully saturated rings. The summed E-state index contributed by atoms with van der Waals surface area (Å²) in [6.07, 6.45) is 0. The van der Waals surface area contributed by atoms with Crippen molar-refractivity contribution in [1.29, 1.82) is 0 Å². The van der Waals surface area contributed by atoms with Gasteiger partial charge in [-0.05, 0) is 59.7 Å². The van der Waals surface area contributed by atoms with Crippen molar-refractivity contribution in [2.45, 2.75) is 0 Å². The number of nitrogens with two attached hydrogens (primary N) is 1. The molecule has 0 saturated carbocycles. The second-order valence-corrected chi connectivity index (χ2v) is 8.98. The maximum absolute atomic E-state index is 5.93. The molecule has 4 N–H and O–H groups in total. The molecule has 8 heteroatoms. The SMILES string of the molecule is Nc1ccc(-c2c3n[nH]nc3c(-c3ccc(N(c4ccccc4)c4ccccc4)cc3)c3nn[nH]c23)cc1. The third-order valence-electron chi connectivity index (χ3n) is 6.70. The third-order valence-corrected chi connectivity index (χ3v) is 6.70. The lowest BCUT2D eigenvalue weighted by Gasteiger charge is -2.25. The zero-order valence-electron chi connectivity index (χ0n) is 20.2. The number of hydrogen-bond donors (Lipinski definition) is 3. The molecule has 0 radical (unpaired) electrons. The van der Waals surface area contributed by atoms with E-state index in [9.17, 15) is 0 Å². The van der Waals surface area contributed by atoms with Gasteiger partial charge in [-0.25, -0.2) is 0 Å². The van der Waals surface area contributed by atoms with Gasteiger partial charge in [0, 0.05) is 33.9 Å². The lowest BCUT2D eigenvalue weighted by atomic mass is 9.95. The Morgan fingerprint density at radius 1 is 0.553 bits per heavy atom. The molecule has 0 aliphatic carbocycles. The highest BCUT2D eigenvalue weighted by atomic mass is 15.3. The fraction of sp³-hybridized carbons (Fsp3) is 0. The van der Waals surface area contributed by atoms with Crippen molar-refractivity contribution >= 4 is 44.8 Å². The average molecular weight is 495 g/mol. The van der Waals surface area contributed by atoms with Crippen molar-refractivity contribution in [3.63, 3.8) is 0 Å². The number of H-pyrrole nitrogens is 2. The number of para-hydroxylation sites is 2. The van der Waals surface area contributed by atoms with Gasteiger partial charge in [-0.15, -0.1) is 5.10 Å². The largest absolute Gasteiger partial charge is 0.399 e. The summed E-state index contributed by atoms with van der Waals surface area (Å²) in [7, 11) is 0. The van der Waals surface area contributed by atoms with E-state index in [1.807, 2.05) is 60.7 Å². The van der Waals surface area contributed by atoms with Crippen LogP contribution in [0.4, 0.5) is 22.7 Å². The molecule has 0 amide bonds. The summed E-state index contributed by atoms with van der Waals surface area (Å²) in [4.78, 5) is 2.23. The highest BCUT2D eigenvalue weighted by molar-refractivity contribution is 6.16. The van der Waals surface area contributed by atoms with Crippen LogP contribution in [0.2, 0.25) is 0 Å². The Bertz CT molecular complexity index is 1760. The van der Waals surface area contributed by atoms with Crippen molar-refractivity contribution in [2.75, 3.05) is 10.6 Å². The van der Waals surface area contributed by atoms with Crippen LogP contribution in [0.15, 0.2) is 109 Å². The summed E-state index contributed by atoms with van der Waals surface area (Å²) in [5.74, 6) is 0. The number of rotatable bonds is 5. The lowest BCUT2D eigenvalue weighted by molar-refractivity contribution is 0.954. The van der Waals surface area contributed by atoms with Crippen molar-refractivity contribution in [1.82, 2.24) is 30.8 Å². The molecule has 2 aromatic heterocycles. The lowest BCUT2D eigenvalue weighted by Crippen LogP contribution is -2.09. The third kappa shape index (κ3) is 3.55. The number of nitrogens with one attached hydrogen (secondary N) is 2. The molecule has 7 rings (SSSR count). The van der Waals surface area contributed by atoms with Gasteiger partial charge in [0.1, 0.15) is 16.6 Å². The number of nitrogen functional groups attached to an aromatic ring is 1. The van der Waals surface area contributed by atoms with Gasteiger partial charge in [-0.3, -0.25) is 5.10 Å². The molecule has 8 nitrogen and oxygen atoms in total. The van der Waals surface area contributed by atoms with Gasteiger partial charge in [0.05, 0.1) is 5.52 Å². The van der Waals surface area contributed by atoms with Crippen molar-refractivity contribution in [3.05, 3.63) is 109 Å². The summed E-state index contributed by atoms with van der Waals surface area (Å²) < 4.78 is 0. The molecule has 182 valence electrons.